The van der Waals surface area contributed by atoms with E-state index >= 15 is 0 Å². The van der Waals surface area contributed by atoms with Crippen LogP contribution in [0.25, 0.3) is 0 Å². The Morgan fingerprint density at radius 3 is 2.46 bits per heavy atom. The van der Waals surface area contributed by atoms with Crippen LogP contribution < -0.4 is 0 Å². The Hall–Kier alpha value is -2.02. The fourth-order valence-electron chi connectivity index (χ4n) is 2.86. The van der Waals surface area contributed by atoms with E-state index in [1.165, 1.54) is 6.20 Å². The molecule has 2 amide bonds. The van der Waals surface area contributed by atoms with E-state index in [-0.39, 0.29) is 11.8 Å². The summed E-state index contributed by atoms with van der Waals surface area (Å²) in [6, 6.07) is 0. The Balaban J connectivity index is 1.91. The van der Waals surface area contributed by atoms with Gasteiger partial charge in [0.1, 0.15) is 5.69 Å². The fourth-order valence-corrected chi connectivity index (χ4v) is 2.86. The van der Waals surface area contributed by atoms with Crippen LogP contribution in [0.3, 0.4) is 0 Å². The summed E-state index contributed by atoms with van der Waals surface area (Å²) in [5.41, 5.74) is 1.18. The van der Waals surface area contributed by atoms with Gasteiger partial charge in [0.05, 0.1) is 18.4 Å². The summed E-state index contributed by atoms with van der Waals surface area (Å²) in [5, 5.41) is 0. The first-order valence-electron chi connectivity index (χ1n) is 8.63. The van der Waals surface area contributed by atoms with Crippen LogP contribution in [0.1, 0.15) is 36.5 Å². The molecule has 0 aliphatic carbocycles. The summed E-state index contributed by atoms with van der Waals surface area (Å²) in [5.74, 6) is 0.0728. The second kappa shape index (κ2) is 8.73. The number of hydrogen-bond donors (Lipinski definition) is 0. The number of aromatic nitrogens is 2. The molecule has 0 radical (unpaired) electrons. The second-order valence-electron chi connectivity index (χ2n) is 6.03. The predicted molar refractivity (Wildman–Crippen MR) is 91.7 cm³/mol. The molecule has 0 aromatic carbocycles. The molecule has 0 unspecified atom stereocenters. The molecule has 1 aliphatic heterocycles. The van der Waals surface area contributed by atoms with Gasteiger partial charge in [-0.05, 0) is 27.2 Å². The van der Waals surface area contributed by atoms with Crippen molar-refractivity contribution < 1.29 is 9.59 Å². The molecular weight excluding hydrogens is 306 g/mol. The van der Waals surface area contributed by atoms with Crippen molar-refractivity contribution in [3.05, 3.63) is 23.8 Å². The van der Waals surface area contributed by atoms with Crippen LogP contribution in [0, 0.1) is 6.92 Å². The summed E-state index contributed by atoms with van der Waals surface area (Å²) < 4.78 is 0. The monoisotopic (exact) mass is 333 g/mol. The molecule has 24 heavy (non-hydrogen) atoms. The van der Waals surface area contributed by atoms with Gasteiger partial charge in [0, 0.05) is 45.5 Å². The second-order valence-corrected chi connectivity index (χ2v) is 6.03. The van der Waals surface area contributed by atoms with Gasteiger partial charge in [-0.2, -0.15) is 0 Å². The maximum Gasteiger partial charge on any atom is 0.274 e. The summed E-state index contributed by atoms with van der Waals surface area (Å²) >= 11 is 0. The van der Waals surface area contributed by atoms with Crippen LogP contribution in [-0.4, -0.2) is 82.3 Å². The van der Waals surface area contributed by atoms with Crippen molar-refractivity contribution in [2.45, 2.75) is 27.2 Å². The zero-order chi connectivity index (χ0) is 17.5. The normalized spacial score (nSPS) is 15.9. The van der Waals surface area contributed by atoms with Gasteiger partial charge in [-0.1, -0.05) is 0 Å². The number of likely N-dealkylation sites (N-methyl/N-ethyl adjacent to an activating group) is 1. The SMILES string of the molecule is CCN(CC)C(=O)CN1CCCN(C(=O)c2cnc(C)cn2)CC1. The lowest BCUT2D eigenvalue weighted by atomic mass is 10.3. The number of aryl methyl sites for hydroxylation is 1. The summed E-state index contributed by atoms with van der Waals surface area (Å²) in [7, 11) is 0. The minimum Gasteiger partial charge on any atom is -0.342 e. The molecule has 0 spiro atoms. The van der Waals surface area contributed by atoms with Gasteiger partial charge in [-0.3, -0.25) is 19.5 Å². The van der Waals surface area contributed by atoms with Crippen molar-refractivity contribution in [2.75, 3.05) is 45.8 Å². The molecule has 2 rings (SSSR count). The lowest BCUT2D eigenvalue weighted by molar-refractivity contribution is -0.132. The van der Waals surface area contributed by atoms with Crippen molar-refractivity contribution in [3.8, 4) is 0 Å². The van der Waals surface area contributed by atoms with Gasteiger partial charge in [0.25, 0.3) is 5.91 Å². The highest BCUT2D eigenvalue weighted by Gasteiger charge is 2.23. The molecule has 1 saturated heterocycles. The number of rotatable bonds is 5. The van der Waals surface area contributed by atoms with Gasteiger partial charge in [-0.25, -0.2) is 4.98 Å². The van der Waals surface area contributed by atoms with Crippen LogP contribution >= 0.6 is 0 Å². The number of nitrogens with zero attached hydrogens (tertiary/aromatic N) is 5. The van der Waals surface area contributed by atoms with E-state index in [0.29, 0.717) is 31.9 Å². The molecule has 132 valence electrons. The van der Waals surface area contributed by atoms with E-state index in [9.17, 15) is 9.59 Å². The van der Waals surface area contributed by atoms with Crippen LogP contribution in [0.5, 0.6) is 0 Å². The molecule has 0 saturated carbocycles. The molecule has 7 nitrogen and oxygen atoms in total. The highest BCUT2D eigenvalue weighted by molar-refractivity contribution is 5.92. The Morgan fingerprint density at radius 2 is 1.83 bits per heavy atom. The first-order valence-corrected chi connectivity index (χ1v) is 8.63. The van der Waals surface area contributed by atoms with Gasteiger partial charge in [-0.15, -0.1) is 0 Å². The average Bonchev–Trinajstić information content (AvgIpc) is 2.81. The van der Waals surface area contributed by atoms with Crippen LogP contribution in [0.15, 0.2) is 12.4 Å². The van der Waals surface area contributed by atoms with E-state index in [0.717, 1.165) is 31.7 Å². The van der Waals surface area contributed by atoms with Crippen molar-refractivity contribution in [2.24, 2.45) is 0 Å². The average molecular weight is 333 g/mol. The lowest BCUT2D eigenvalue weighted by Crippen LogP contribution is -2.42. The standard InChI is InChI=1S/C17H27N5O2/c1-4-21(5-2)16(23)13-20-7-6-8-22(10-9-20)17(24)15-12-18-14(3)11-19-15/h11-12H,4-10,13H2,1-3H3. The largest absolute Gasteiger partial charge is 0.342 e. The molecule has 1 fully saturated rings. The molecule has 2 heterocycles. The van der Waals surface area contributed by atoms with Crippen molar-refractivity contribution in [1.29, 1.82) is 0 Å². The molecule has 1 aromatic rings. The van der Waals surface area contributed by atoms with E-state index < -0.39 is 0 Å². The predicted octanol–water partition coefficient (Wildman–Crippen LogP) is 0.801. The number of carbonyl (C=O) groups is 2. The quantitative estimate of drug-likeness (QED) is 0.797. The van der Waals surface area contributed by atoms with Crippen molar-refractivity contribution >= 4 is 11.8 Å². The lowest BCUT2D eigenvalue weighted by Gasteiger charge is -2.25. The Labute approximate surface area is 143 Å². The zero-order valence-corrected chi connectivity index (χ0v) is 14.9. The van der Waals surface area contributed by atoms with E-state index in [2.05, 4.69) is 14.9 Å². The van der Waals surface area contributed by atoms with Crippen LogP contribution in [0.4, 0.5) is 0 Å². The third-order valence-electron chi connectivity index (χ3n) is 4.35. The van der Waals surface area contributed by atoms with E-state index in [1.54, 1.807) is 11.1 Å². The fraction of sp³-hybridized carbons (Fsp3) is 0.647. The summed E-state index contributed by atoms with van der Waals surface area (Å²) in [6.07, 6.45) is 4.00. The van der Waals surface area contributed by atoms with Crippen LogP contribution in [0.2, 0.25) is 0 Å². The van der Waals surface area contributed by atoms with E-state index in [4.69, 9.17) is 0 Å². The maximum absolute atomic E-state index is 12.5. The molecule has 1 aliphatic rings. The zero-order valence-electron chi connectivity index (χ0n) is 14.9. The Bertz CT molecular complexity index is 557. The molecule has 1 aromatic heterocycles. The number of amides is 2. The molecular formula is C17H27N5O2. The summed E-state index contributed by atoms with van der Waals surface area (Å²) in [4.78, 5) is 38.9. The van der Waals surface area contributed by atoms with Gasteiger partial charge in [0.15, 0.2) is 0 Å². The third kappa shape index (κ3) is 4.74. The third-order valence-corrected chi connectivity index (χ3v) is 4.35. The first-order chi connectivity index (χ1) is 11.5. The highest BCUT2D eigenvalue weighted by atomic mass is 16.2. The van der Waals surface area contributed by atoms with Gasteiger partial charge < -0.3 is 9.80 Å². The Kier molecular flexibility index (Phi) is 6.66. The first kappa shape index (κ1) is 18.3. The maximum atomic E-state index is 12.5. The number of carbonyl (C=O) groups excluding carboxylic acids is 2. The highest BCUT2D eigenvalue weighted by Crippen LogP contribution is 2.08. The molecule has 7 heteroatoms. The molecule has 0 atom stereocenters. The molecule has 0 N–H and O–H groups in total. The summed E-state index contributed by atoms with van der Waals surface area (Å²) in [6.45, 7) is 10.6. The minimum absolute atomic E-state index is 0.0839. The Morgan fingerprint density at radius 1 is 1.08 bits per heavy atom. The van der Waals surface area contributed by atoms with Gasteiger partial charge in [0.2, 0.25) is 5.91 Å². The van der Waals surface area contributed by atoms with E-state index in [1.807, 2.05) is 25.7 Å². The van der Waals surface area contributed by atoms with Crippen LogP contribution in [-0.2, 0) is 4.79 Å². The molecule has 0 bridgehead atoms. The topological polar surface area (TPSA) is 69.6 Å². The van der Waals surface area contributed by atoms with Gasteiger partial charge >= 0.3 is 0 Å². The van der Waals surface area contributed by atoms with Crippen molar-refractivity contribution in [1.82, 2.24) is 24.7 Å². The van der Waals surface area contributed by atoms with Crippen molar-refractivity contribution in [3.63, 3.8) is 0 Å². The number of hydrogen-bond acceptors (Lipinski definition) is 5. The minimum atomic E-state index is -0.0839. The smallest absolute Gasteiger partial charge is 0.274 e.